The molecule has 1 aliphatic rings. The Labute approximate surface area is 109 Å². The van der Waals surface area contributed by atoms with E-state index in [4.69, 9.17) is 10.5 Å². The maximum atomic E-state index is 6.09. The number of hydrogen-bond donors (Lipinski definition) is 2. The number of nitrogen functional groups attached to an aromatic ring is 1. The van der Waals surface area contributed by atoms with Gasteiger partial charge in [-0.25, -0.2) is 0 Å². The molecule has 5 heteroatoms. The van der Waals surface area contributed by atoms with Gasteiger partial charge in [-0.3, -0.25) is 4.68 Å². The molecule has 0 unspecified atom stereocenters. The zero-order valence-corrected chi connectivity index (χ0v) is 11.6. The predicted octanol–water partition coefficient (Wildman–Crippen LogP) is 1.96. The Morgan fingerprint density at radius 2 is 2.22 bits per heavy atom. The van der Waals surface area contributed by atoms with Crippen molar-refractivity contribution in [2.24, 2.45) is 13.0 Å². The summed E-state index contributed by atoms with van der Waals surface area (Å²) in [5.74, 6) is 2.06. The van der Waals surface area contributed by atoms with E-state index in [-0.39, 0.29) is 0 Å². The van der Waals surface area contributed by atoms with E-state index in [1.54, 1.807) is 0 Å². The van der Waals surface area contributed by atoms with Crippen LogP contribution in [0.25, 0.3) is 0 Å². The molecule has 1 aromatic heterocycles. The van der Waals surface area contributed by atoms with Crippen molar-refractivity contribution in [3.05, 3.63) is 5.69 Å². The van der Waals surface area contributed by atoms with Gasteiger partial charge in [0.15, 0.2) is 0 Å². The maximum absolute atomic E-state index is 6.09. The Bertz CT molecular complexity index is 396. The molecular formula is C13H24N4O. The average Bonchev–Trinajstić information content (AvgIpc) is 3.08. The van der Waals surface area contributed by atoms with Crippen molar-refractivity contribution in [1.82, 2.24) is 9.78 Å². The Morgan fingerprint density at radius 3 is 2.78 bits per heavy atom. The molecular weight excluding hydrogens is 228 g/mol. The normalized spacial score (nSPS) is 15.3. The van der Waals surface area contributed by atoms with Crippen LogP contribution in [0.2, 0.25) is 0 Å². The number of ether oxygens (including phenoxy) is 1. The topological polar surface area (TPSA) is 65.1 Å². The highest BCUT2D eigenvalue weighted by molar-refractivity contribution is 5.65. The summed E-state index contributed by atoms with van der Waals surface area (Å²) in [6.07, 6.45) is 2.67. The molecule has 1 aliphatic carbocycles. The number of rotatable bonds is 7. The van der Waals surface area contributed by atoms with E-state index in [1.165, 1.54) is 12.8 Å². The molecule has 0 aliphatic heterocycles. The van der Waals surface area contributed by atoms with Gasteiger partial charge in [-0.1, -0.05) is 13.8 Å². The summed E-state index contributed by atoms with van der Waals surface area (Å²) >= 11 is 0. The molecule has 0 atom stereocenters. The minimum absolute atomic E-state index is 0.345. The first kappa shape index (κ1) is 13.2. The second-order valence-corrected chi connectivity index (χ2v) is 5.37. The lowest BCUT2D eigenvalue weighted by atomic mass is 10.1. The number of nitrogens with zero attached hydrogens (tertiary/aromatic N) is 2. The van der Waals surface area contributed by atoms with E-state index in [2.05, 4.69) is 24.3 Å². The largest absolute Gasteiger partial charge is 0.394 e. The third kappa shape index (κ3) is 3.16. The van der Waals surface area contributed by atoms with Crippen LogP contribution in [-0.4, -0.2) is 29.5 Å². The van der Waals surface area contributed by atoms with Gasteiger partial charge in [0.25, 0.3) is 0 Å². The van der Waals surface area contributed by atoms with Gasteiger partial charge in [0.1, 0.15) is 5.82 Å². The first-order valence-corrected chi connectivity index (χ1v) is 6.73. The summed E-state index contributed by atoms with van der Waals surface area (Å²) in [5.41, 5.74) is 7.81. The smallest absolute Gasteiger partial charge is 0.147 e. The minimum Gasteiger partial charge on any atom is -0.394 e. The molecule has 0 aromatic carbocycles. The Balaban J connectivity index is 1.80. The number of aryl methyl sites for hydroxylation is 1. The second-order valence-electron chi connectivity index (χ2n) is 5.37. The van der Waals surface area contributed by atoms with Crippen LogP contribution in [0.4, 0.5) is 11.5 Å². The highest BCUT2D eigenvalue weighted by atomic mass is 16.5. The second kappa shape index (κ2) is 5.61. The van der Waals surface area contributed by atoms with Gasteiger partial charge >= 0.3 is 0 Å². The van der Waals surface area contributed by atoms with E-state index in [1.807, 2.05) is 11.7 Å². The molecule has 0 amide bonds. The fourth-order valence-corrected chi connectivity index (χ4v) is 1.97. The monoisotopic (exact) mass is 252 g/mol. The molecule has 1 fully saturated rings. The molecule has 1 heterocycles. The molecule has 2 rings (SSSR count). The lowest BCUT2D eigenvalue weighted by molar-refractivity contribution is 0.134. The molecule has 1 saturated carbocycles. The van der Waals surface area contributed by atoms with Gasteiger partial charge in [0.05, 0.1) is 18.0 Å². The third-order valence-corrected chi connectivity index (χ3v) is 3.25. The van der Waals surface area contributed by atoms with Crippen LogP contribution in [0.15, 0.2) is 0 Å². The van der Waals surface area contributed by atoms with Crippen LogP contribution in [-0.2, 0) is 11.8 Å². The van der Waals surface area contributed by atoms with Gasteiger partial charge in [-0.2, -0.15) is 5.10 Å². The molecule has 3 N–H and O–H groups in total. The summed E-state index contributed by atoms with van der Waals surface area (Å²) < 4.78 is 7.39. The summed E-state index contributed by atoms with van der Waals surface area (Å²) in [6.45, 7) is 6.59. The van der Waals surface area contributed by atoms with Crippen molar-refractivity contribution < 1.29 is 4.74 Å². The van der Waals surface area contributed by atoms with Crippen LogP contribution >= 0.6 is 0 Å². The SMILES string of the molecule is CC(C)c1nn(C)c(NCCOCC2CC2)c1N. The van der Waals surface area contributed by atoms with E-state index >= 15 is 0 Å². The molecule has 0 saturated heterocycles. The first-order valence-electron chi connectivity index (χ1n) is 6.73. The molecule has 0 radical (unpaired) electrons. The molecule has 5 nitrogen and oxygen atoms in total. The van der Waals surface area contributed by atoms with Crippen LogP contribution in [0.5, 0.6) is 0 Å². The number of hydrogen-bond acceptors (Lipinski definition) is 4. The summed E-state index contributed by atoms with van der Waals surface area (Å²) in [7, 11) is 1.91. The van der Waals surface area contributed by atoms with E-state index in [9.17, 15) is 0 Å². The lowest BCUT2D eigenvalue weighted by Crippen LogP contribution is -2.13. The summed E-state index contributed by atoms with van der Waals surface area (Å²) in [4.78, 5) is 0. The minimum atomic E-state index is 0.345. The van der Waals surface area contributed by atoms with Gasteiger partial charge in [-0.05, 0) is 24.7 Å². The number of aromatic nitrogens is 2. The quantitative estimate of drug-likeness (QED) is 0.728. The van der Waals surface area contributed by atoms with Crippen LogP contribution in [0.3, 0.4) is 0 Å². The highest BCUT2D eigenvalue weighted by Gasteiger charge is 2.21. The maximum Gasteiger partial charge on any atom is 0.147 e. The van der Waals surface area contributed by atoms with Gasteiger partial charge in [0, 0.05) is 20.2 Å². The third-order valence-electron chi connectivity index (χ3n) is 3.25. The standard InChI is InChI=1S/C13H24N4O/c1-9(2)12-11(14)13(17(3)16-12)15-6-7-18-8-10-4-5-10/h9-10,15H,4-8,14H2,1-3H3. The fraction of sp³-hybridized carbons (Fsp3) is 0.769. The predicted molar refractivity (Wildman–Crippen MR) is 73.7 cm³/mol. The van der Waals surface area contributed by atoms with Crippen LogP contribution in [0, 0.1) is 5.92 Å². The van der Waals surface area contributed by atoms with Crippen LogP contribution < -0.4 is 11.1 Å². The van der Waals surface area contributed by atoms with Crippen molar-refractivity contribution in [1.29, 1.82) is 0 Å². The summed E-state index contributed by atoms with van der Waals surface area (Å²) in [5, 5.41) is 7.74. The summed E-state index contributed by atoms with van der Waals surface area (Å²) in [6, 6.07) is 0. The molecule has 102 valence electrons. The van der Waals surface area contributed by atoms with Gasteiger partial charge in [0.2, 0.25) is 0 Å². The highest BCUT2D eigenvalue weighted by Crippen LogP contribution is 2.29. The Hall–Kier alpha value is -1.23. The zero-order chi connectivity index (χ0) is 13.1. The molecule has 0 bridgehead atoms. The number of anilines is 2. The fourth-order valence-electron chi connectivity index (χ4n) is 1.97. The number of nitrogens with one attached hydrogen (secondary N) is 1. The Kier molecular flexibility index (Phi) is 4.11. The van der Waals surface area contributed by atoms with Crippen molar-refractivity contribution in [2.75, 3.05) is 30.8 Å². The van der Waals surface area contributed by atoms with Crippen molar-refractivity contribution in [3.63, 3.8) is 0 Å². The lowest BCUT2D eigenvalue weighted by Gasteiger charge is -2.08. The van der Waals surface area contributed by atoms with Crippen molar-refractivity contribution in [2.45, 2.75) is 32.6 Å². The van der Waals surface area contributed by atoms with Gasteiger partial charge < -0.3 is 15.8 Å². The van der Waals surface area contributed by atoms with Crippen LogP contribution in [0.1, 0.15) is 38.3 Å². The average molecular weight is 252 g/mol. The molecule has 1 aromatic rings. The van der Waals surface area contributed by atoms with E-state index < -0.39 is 0 Å². The van der Waals surface area contributed by atoms with E-state index in [0.29, 0.717) is 5.92 Å². The zero-order valence-electron chi connectivity index (χ0n) is 11.6. The number of nitrogens with two attached hydrogens (primary N) is 1. The molecule has 0 spiro atoms. The van der Waals surface area contributed by atoms with Crippen molar-refractivity contribution >= 4 is 11.5 Å². The molecule has 18 heavy (non-hydrogen) atoms. The Morgan fingerprint density at radius 1 is 1.50 bits per heavy atom. The first-order chi connectivity index (χ1) is 8.59. The van der Waals surface area contributed by atoms with Crippen molar-refractivity contribution in [3.8, 4) is 0 Å². The van der Waals surface area contributed by atoms with E-state index in [0.717, 1.165) is 42.9 Å². The van der Waals surface area contributed by atoms with Gasteiger partial charge in [-0.15, -0.1) is 0 Å².